The van der Waals surface area contributed by atoms with Gasteiger partial charge in [-0.15, -0.1) is 0 Å². The zero-order chi connectivity index (χ0) is 12.4. The quantitative estimate of drug-likeness (QED) is 0.896. The third-order valence-electron chi connectivity index (χ3n) is 2.39. The molecule has 90 valence electrons. The van der Waals surface area contributed by atoms with Crippen LogP contribution in [-0.4, -0.2) is 9.78 Å². The topological polar surface area (TPSA) is 43.8 Å². The normalized spacial score (nSPS) is 11.1. The van der Waals surface area contributed by atoms with E-state index in [2.05, 4.69) is 5.10 Å². The van der Waals surface area contributed by atoms with Gasteiger partial charge in [-0.25, -0.2) is 17.9 Å². The van der Waals surface area contributed by atoms with Gasteiger partial charge in [-0.1, -0.05) is 12.1 Å². The van der Waals surface area contributed by atoms with Crippen LogP contribution in [0.25, 0.3) is 5.69 Å². The molecule has 0 atom stereocenters. The Bertz CT molecular complexity index is 522. The number of hydrogen-bond donors (Lipinski definition) is 1. The van der Waals surface area contributed by atoms with Crippen LogP contribution in [0.15, 0.2) is 30.5 Å². The van der Waals surface area contributed by atoms with Crippen molar-refractivity contribution >= 4 is 0 Å². The van der Waals surface area contributed by atoms with Gasteiger partial charge in [0, 0.05) is 12.1 Å². The highest BCUT2D eigenvalue weighted by atomic mass is 19.3. The maximum absolute atomic E-state index is 13.5. The van der Waals surface area contributed by atoms with Gasteiger partial charge in [0.05, 0.1) is 6.20 Å². The summed E-state index contributed by atoms with van der Waals surface area (Å²) in [6, 6.07) is 5.61. The van der Waals surface area contributed by atoms with Gasteiger partial charge in [0.1, 0.15) is 17.2 Å². The third-order valence-corrected chi connectivity index (χ3v) is 2.39. The molecule has 6 heteroatoms. The second-order valence-electron chi connectivity index (χ2n) is 3.42. The molecule has 0 saturated heterocycles. The van der Waals surface area contributed by atoms with Crippen molar-refractivity contribution in [3.05, 3.63) is 47.5 Å². The smallest absolute Gasteiger partial charge is 0.280 e. The first kappa shape index (κ1) is 11.7. The van der Waals surface area contributed by atoms with E-state index in [4.69, 9.17) is 5.73 Å². The fourth-order valence-corrected chi connectivity index (χ4v) is 1.60. The maximum Gasteiger partial charge on any atom is 0.280 e. The van der Waals surface area contributed by atoms with E-state index in [0.717, 1.165) is 4.68 Å². The average molecular weight is 241 g/mol. The molecule has 1 aromatic heterocycles. The Balaban J connectivity index is 2.60. The van der Waals surface area contributed by atoms with Crippen LogP contribution in [0.4, 0.5) is 13.2 Å². The van der Waals surface area contributed by atoms with E-state index in [0.29, 0.717) is 0 Å². The SMILES string of the molecule is NCc1cnn(-c2ccccc2F)c1C(F)F. The summed E-state index contributed by atoms with van der Waals surface area (Å²) in [5, 5.41) is 3.76. The largest absolute Gasteiger partial charge is 0.326 e. The molecule has 1 heterocycles. The molecule has 0 aliphatic rings. The Morgan fingerprint density at radius 2 is 2.00 bits per heavy atom. The van der Waals surface area contributed by atoms with Gasteiger partial charge >= 0.3 is 0 Å². The first-order valence-corrected chi connectivity index (χ1v) is 4.95. The van der Waals surface area contributed by atoms with Gasteiger partial charge in [-0.3, -0.25) is 0 Å². The second-order valence-corrected chi connectivity index (χ2v) is 3.42. The molecular weight excluding hydrogens is 231 g/mol. The molecule has 0 aliphatic heterocycles. The minimum atomic E-state index is -2.75. The van der Waals surface area contributed by atoms with E-state index in [9.17, 15) is 13.2 Å². The number of nitrogens with zero attached hydrogens (tertiary/aromatic N) is 2. The van der Waals surface area contributed by atoms with Crippen LogP contribution in [0.3, 0.4) is 0 Å². The van der Waals surface area contributed by atoms with Crippen molar-refractivity contribution in [2.75, 3.05) is 0 Å². The fourth-order valence-electron chi connectivity index (χ4n) is 1.60. The predicted octanol–water partition coefficient (Wildman–Crippen LogP) is 2.41. The Morgan fingerprint density at radius 3 is 2.59 bits per heavy atom. The molecule has 3 nitrogen and oxygen atoms in total. The summed E-state index contributed by atoms with van der Waals surface area (Å²) < 4.78 is 40.2. The highest BCUT2D eigenvalue weighted by Crippen LogP contribution is 2.26. The van der Waals surface area contributed by atoms with Gasteiger partial charge < -0.3 is 5.73 Å². The van der Waals surface area contributed by atoms with Gasteiger partial charge in [-0.2, -0.15) is 5.10 Å². The molecule has 0 unspecified atom stereocenters. The zero-order valence-corrected chi connectivity index (χ0v) is 8.78. The third kappa shape index (κ3) is 2.03. The van der Waals surface area contributed by atoms with E-state index in [1.54, 1.807) is 6.07 Å². The lowest BCUT2D eigenvalue weighted by Gasteiger charge is -2.08. The molecule has 0 saturated carbocycles. The number of benzene rings is 1. The fraction of sp³-hybridized carbons (Fsp3) is 0.182. The summed E-state index contributed by atoms with van der Waals surface area (Å²) in [6.07, 6.45) is -1.52. The molecule has 0 amide bonds. The molecule has 2 N–H and O–H groups in total. The van der Waals surface area contributed by atoms with Crippen LogP contribution in [0, 0.1) is 5.82 Å². The number of nitrogens with two attached hydrogens (primary N) is 1. The highest BCUT2D eigenvalue weighted by molar-refractivity contribution is 5.36. The molecule has 2 aromatic rings. The molecule has 0 bridgehead atoms. The van der Waals surface area contributed by atoms with Crippen molar-refractivity contribution < 1.29 is 13.2 Å². The Morgan fingerprint density at radius 1 is 1.29 bits per heavy atom. The lowest BCUT2D eigenvalue weighted by Crippen LogP contribution is -2.07. The summed E-state index contributed by atoms with van der Waals surface area (Å²) in [6.45, 7) is -0.0614. The Labute approximate surface area is 95.7 Å². The number of para-hydroxylation sites is 1. The molecule has 0 fully saturated rings. The number of alkyl halides is 2. The van der Waals surface area contributed by atoms with E-state index in [1.807, 2.05) is 0 Å². The van der Waals surface area contributed by atoms with Crippen LogP contribution < -0.4 is 5.73 Å². The van der Waals surface area contributed by atoms with E-state index < -0.39 is 12.2 Å². The number of aromatic nitrogens is 2. The van der Waals surface area contributed by atoms with Gasteiger partial charge in [-0.05, 0) is 12.1 Å². The molecule has 0 spiro atoms. The number of hydrogen-bond acceptors (Lipinski definition) is 2. The van der Waals surface area contributed by atoms with Gasteiger partial charge in [0.2, 0.25) is 0 Å². The molecule has 17 heavy (non-hydrogen) atoms. The van der Waals surface area contributed by atoms with Crippen molar-refractivity contribution in [1.29, 1.82) is 0 Å². The highest BCUT2D eigenvalue weighted by Gasteiger charge is 2.21. The van der Waals surface area contributed by atoms with E-state index in [1.165, 1.54) is 24.4 Å². The predicted molar refractivity (Wildman–Crippen MR) is 56.4 cm³/mol. The minimum Gasteiger partial charge on any atom is -0.326 e. The van der Waals surface area contributed by atoms with Gasteiger partial charge in [0.25, 0.3) is 6.43 Å². The van der Waals surface area contributed by atoms with E-state index >= 15 is 0 Å². The van der Waals surface area contributed by atoms with Crippen LogP contribution in [0.5, 0.6) is 0 Å². The van der Waals surface area contributed by atoms with Crippen molar-refractivity contribution in [2.45, 2.75) is 13.0 Å². The molecule has 0 aliphatic carbocycles. The van der Waals surface area contributed by atoms with Crippen LogP contribution in [-0.2, 0) is 6.54 Å². The van der Waals surface area contributed by atoms with Crippen LogP contribution >= 0.6 is 0 Å². The first-order chi connectivity index (χ1) is 8.15. The number of halogens is 3. The van der Waals surface area contributed by atoms with Gasteiger partial charge in [0.15, 0.2) is 0 Å². The summed E-state index contributed by atoms with van der Waals surface area (Å²) in [5.74, 6) is -0.610. The summed E-state index contributed by atoms with van der Waals surface area (Å²) >= 11 is 0. The van der Waals surface area contributed by atoms with Crippen LogP contribution in [0.1, 0.15) is 17.7 Å². The molecule has 1 aromatic carbocycles. The van der Waals surface area contributed by atoms with Crippen molar-refractivity contribution in [3.63, 3.8) is 0 Å². The summed E-state index contributed by atoms with van der Waals surface area (Å²) in [7, 11) is 0. The average Bonchev–Trinajstić information content (AvgIpc) is 2.73. The lowest BCUT2D eigenvalue weighted by molar-refractivity contribution is 0.141. The van der Waals surface area contributed by atoms with Crippen molar-refractivity contribution in [1.82, 2.24) is 9.78 Å². The second kappa shape index (κ2) is 4.58. The summed E-state index contributed by atoms with van der Waals surface area (Å²) in [5.41, 5.74) is 5.17. The molecule has 0 radical (unpaired) electrons. The first-order valence-electron chi connectivity index (χ1n) is 4.95. The maximum atomic E-state index is 13.5. The lowest BCUT2D eigenvalue weighted by atomic mass is 10.2. The van der Waals surface area contributed by atoms with Crippen LogP contribution in [0.2, 0.25) is 0 Å². The summed E-state index contributed by atoms with van der Waals surface area (Å²) in [4.78, 5) is 0. The monoisotopic (exact) mass is 241 g/mol. The van der Waals surface area contributed by atoms with E-state index in [-0.39, 0.29) is 23.5 Å². The zero-order valence-electron chi connectivity index (χ0n) is 8.78. The van der Waals surface area contributed by atoms with Crippen molar-refractivity contribution in [2.24, 2.45) is 5.73 Å². The number of rotatable bonds is 3. The Kier molecular flexibility index (Phi) is 3.14. The minimum absolute atomic E-state index is 0.0116. The molecule has 2 rings (SSSR count). The van der Waals surface area contributed by atoms with Crippen molar-refractivity contribution in [3.8, 4) is 5.69 Å². The Hall–Kier alpha value is -1.82. The molecular formula is C11H10F3N3. The standard InChI is InChI=1S/C11H10F3N3/c12-8-3-1-2-4-9(8)17-10(11(13)14)7(5-15)6-16-17/h1-4,6,11H,5,15H2.